The van der Waals surface area contributed by atoms with Gasteiger partial charge in [0.2, 0.25) is 0 Å². The topological polar surface area (TPSA) is 12.5 Å². The SMILES string of the molecule is C=Cc1ccc(COc2ccc(C3(c4ccccc4)c4ccccc4-c4ccc(-c5ccc(N(c6ccc(-c7ccccc7)cc6)c6ccc7c(c6)C(C)(C)c6ccccc6-7)cc5)cc43)cc2)cc1. The molecule has 10 aromatic rings. The zero-order valence-corrected chi connectivity index (χ0v) is 38.9. The minimum absolute atomic E-state index is 0.120. The summed E-state index contributed by atoms with van der Waals surface area (Å²) in [6.45, 7) is 9.09. The minimum atomic E-state index is -0.550. The van der Waals surface area contributed by atoms with Crippen LogP contribution in [0.4, 0.5) is 17.1 Å². The first-order valence-corrected chi connectivity index (χ1v) is 24.0. The summed E-state index contributed by atoms with van der Waals surface area (Å²) in [5.74, 6) is 0.838. The van der Waals surface area contributed by atoms with Crippen molar-refractivity contribution in [2.75, 3.05) is 4.90 Å². The maximum atomic E-state index is 6.36. The fourth-order valence-electron chi connectivity index (χ4n) is 11.2. The van der Waals surface area contributed by atoms with Crippen LogP contribution in [0.3, 0.4) is 0 Å². The van der Waals surface area contributed by atoms with Gasteiger partial charge in [-0.3, -0.25) is 0 Å². The molecule has 0 saturated carbocycles. The van der Waals surface area contributed by atoms with E-state index in [9.17, 15) is 0 Å². The summed E-state index contributed by atoms with van der Waals surface area (Å²) in [4.78, 5) is 2.41. The van der Waals surface area contributed by atoms with Gasteiger partial charge in [-0.2, -0.15) is 0 Å². The average Bonchev–Trinajstić information content (AvgIpc) is 3.84. The second-order valence-electron chi connectivity index (χ2n) is 18.9. The Morgan fingerprint density at radius 1 is 0.406 bits per heavy atom. The van der Waals surface area contributed by atoms with E-state index in [2.05, 4.69) is 268 Å². The normalized spacial score (nSPS) is 14.8. The van der Waals surface area contributed by atoms with Crippen LogP contribution in [-0.4, -0.2) is 0 Å². The lowest BCUT2D eigenvalue weighted by Gasteiger charge is -2.34. The largest absolute Gasteiger partial charge is 0.489 e. The molecular weight excluding hydrogens is 835 g/mol. The van der Waals surface area contributed by atoms with E-state index in [0.29, 0.717) is 6.61 Å². The second kappa shape index (κ2) is 17.0. The highest BCUT2D eigenvalue weighted by Crippen LogP contribution is 2.57. The molecule has 0 amide bonds. The van der Waals surface area contributed by atoms with E-state index in [1.165, 1.54) is 72.3 Å². The maximum Gasteiger partial charge on any atom is 0.119 e. The van der Waals surface area contributed by atoms with Crippen molar-refractivity contribution in [2.45, 2.75) is 31.3 Å². The van der Waals surface area contributed by atoms with Crippen LogP contribution < -0.4 is 9.64 Å². The predicted molar refractivity (Wildman–Crippen MR) is 288 cm³/mol. The van der Waals surface area contributed by atoms with Crippen LogP contribution in [0.5, 0.6) is 5.75 Å². The Labute approximate surface area is 406 Å². The summed E-state index contributed by atoms with van der Waals surface area (Å²) < 4.78 is 6.36. The van der Waals surface area contributed by atoms with Crippen molar-refractivity contribution in [1.82, 2.24) is 0 Å². The summed E-state index contributed by atoms with van der Waals surface area (Å²) in [7, 11) is 0. The molecule has 0 heterocycles. The van der Waals surface area contributed by atoms with Gasteiger partial charge in [-0.25, -0.2) is 0 Å². The maximum absolute atomic E-state index is 6.36. The lowest BCUT2D eigenvalue weighted by atomic mass is 9.67. The van der Waals surface area contributed by atoms with E-state index in [1.54, 1.807) is 0 Å². The number of ether oxygens (including phenoxy) is 1. The van der Waals surface area contributed by atoms with E-state index in [4.69, 9.17) is 4.74 Å². The van der Waals surface area contributed by atoms with E-state index >= 15 is 0 Å². The Morgan fingerprint density at radius 2 is 0.899 bits per heavy atom. The molecule has 1 unspecified atom stereocenters. The number of rotatable bonds is 11. The van der Waals surface area contributed by atoms with Gasteiger partial charge in [0, 0.05) is 22.5 Å². The van der Waals surface area contributed by atoms with Gasteiger partial charge in [0.25, 0.3) is 0 Å². The molecule has 2 heteroatoms. The van der Waals surface area contributed by atoms with Crippen LogP contribution in [0.15, 0.2) is 249 Å². The molecule has 0 N–H and O–H groups in total. The standard InChI is InChI=1S/C67H51NO/c1-4-46-23-25-47(26-24-46)45-69-57-39-32-53(33-40-57)67(52-17-9-6-10-18-52)63-22-14-12-20-59(63)61-41-31-51(43-65(61)67)50-29-36-55(37-30-50)68(54-34-27-49(28-35-54)48-15-7-5-8-16-48)56-38-42-60-58-19-11-13-21-62(58)66(2,3)64(60)44-56/h4-44H,1,45H2,2-3H3. The molecule has 0 saturated heterocycles. The van der Waals surface area contributed by atoms with Crippen LogP contribution in [0.1, 0.15) is 58.4 Å². The van der Waals surface area contributed by atoms with Crippen molar-refractivity contribution in [3.8, 4) is 50.3 Å². The van der Waals surface area contributed by atoms with Gasteiger partial charge in [0.1, 0.15) is 12.4 Å². The van der Waals surface area contributed by atoms with Crippen molar-refractivity contribution in [2.24, 2.45) is 0 Å². The lowest BCUT2D eigenvalue weighted by Crippen LogP contribution is -2.28. The number of nitrogens with zero attached hydrogens (tertiary/aromatic N) is 1. The molecule has 0 bridgehead atoms. The van der Waals surface area contributed by atoms with E-state index < -0.39 is 5.41 Å². The first kappa shape index (κ1) is 41.9. The Morgan fingerprint density at radius 3 is 1.57 bits per heavy atom. The van der Waals surface area contributed by atoms with E-state index in [0.717, 1.165) is 39.5 Å². The third-order valence-corrected chi connectivity index (χ3v) is 14.7. The Kier molecular flexibility index (Phi) is 10.3. The van der Waals surface area contributed by atoms with Gasteiger partial charge in [0.15, 0.2) is 0 Å². The van der Waals surface area contributed by atoms with Gasteiger partial charge >= 0.3 is 0 Å². The Balaban J connectivity index is 0.935. The summed E-state index contributed by atoms with van der Waals surface area (Å²) >= 11 is 0. The van der Waals surface area contributed by atoms with Crippen LogP contribution in [0.2, 0.25) is 0 Å². The first-order chi connectivity index (χ1) is 33.9. The number of hydrogen-bond acceptors (Lipinski definition) is 2. The molecule has 12 rings (SSSR count). The molecule has 1 atom stereocenters. The molecule has 0 spiro atoms. The third-order valence-electron chi connectivity index (χ3n) is 14.7. The minimum Gasteiger partial charge on any atom is -0.489 e. The van der Waals surface area contributed by atoms with Gasteiger partial charge in [-0.1, -0.05) is 215 Å². The smallest absolute Gasteiger partial charge is 0.119 e. The fourth-order valence-corrected chi connectivity index (χ4v) is 11.2. The van der Waals surface area contributed by atoms with Crippen molar-refractivity contribution in [1.29, 1.82) is 0 Å². The molecule has 2 aliphatic carbocycles. The number of benzene rings is 10. The summed E-state index contributed by atoms with van der Waals surface area (Å²) in [6.07, 6.45) is 1.86. The van der Waals surface area contributed by atoms with Gasteiger partial charge in [0.05, 0.1) is 5.41 Å². The third kappa shape index (κ3) is 7.11. The molecule has 0 radical (unpaired) electrons. The highest BCUT2D eigenvalue weighted by Gasteiger charge is 2.46. The molecule has 330 valence electrons. The van der Waals surface area contributed by atoms with E-state index in [-0.39, 0.29) is 5.41 Å². The van der Waals surface area contributed by atoms with Crippen molar-refractivity contribution < 1.29 is 4.74 Å². The molecule has 2 aliphatic rings. The molecule has 0 aliphatic heterocycles. The molecular formula is C67H51NO. The van der Waals surface area contributed by atoms with Crippen LogP contribution >= 0.6 is 0 Å². The molecule has 0 aromatic heterocycles. The van der Waals surface area contributed by atoms with Crippen molar-refractivity contribution in [3.05, 3.63) is 294 Å². The molecule has 0 fully saturated rings. The highest BCUT2D eigenvalue weighted by atomic mass is 16.5. The van der Waals surface area contributed by atoms with Gasteiger partial charge in [-0.15, -0.1) is 0 Å². The van der Waals surface area contributed by atoms with Crippen molar-refractivity contribution >= 4 is 23.1 Å². The second-order valence-corrected chi connectivity index (χ2v) is 18.9. The summed E-state index contributed by atoms with van der Waals surface area (Å²) in [6, 6.07) is 88.8. The Bertz CT molecular complexity index is 3500. The zero-order valence-electron chi connectivity index (χ0n) is 38.9. The highest BCUT2D eigenvalue weighted by molar-refractivity contribution is 5.90. The first-order valence-electron chi connectivity index (χ1n) is 24.0. The van der Waals surface area contributed by atoms with Crippen LogP contribution in [0.25, 0.3) is 50.6 Å². The Hall–Kier alpha value is -8.46. The van der Waals surface area contributed by atoms with Gasteiger partial charge < -0.3 is 9.64 Å². The molecule has 10 aromatic carbocycles. The fraction of sp³-hybridized carbons (Fsp3) is 0.0746. The molecule has 2 nitrogen and oxygen atoms in total. The average molecular weight is 886 g/mol. The van der Waals surface area contributed by atoms with Crippen LogP contribution in [-0.2, 0) is 17.4 Å². The number of fused-ring (bicyclic) bond motifs is 6. The monoisotopic (exact) mass is 885 g/mol. The number of hydrogen-bond donors (Lipinski definition) is 0. The number of anilines is 3. The van der Waals surface area contributed by atoms with Crippen LogP contribution in [0, 0.1) is 0 Å². The summed E-state index contributed by atoms with van der Waals surface area (Å²) in [5, 5.41) is 0. The summed E-state index contributed by atoms with van der Waals surface area (Å²) in [5.41, 5.74) is 22.5. The van der Waals surface area contributed by atoms with Crippen molar-refractivity contribution in [3.63, 3.8) is 0 Å². The van der Waals surface area contributed by atoms with E-state index in [1.807, 2.05) is 6.08 Å². The molecule has 69 heavy (non-hydrogen) atoms. The predicted octanol–water partition coefficient (Wildman–Crippen LogP) is 17.4. The van der Waals surface area contributed by atoms with Gasteiger partial charge in [-0.05, 0) is 144 Å². The lowest BCUT2D eigenvalue weighted by molar-refractivity contribution is 0.306. The zero-order chi connectivity index (χ0) is 46.5. The quantitative estimate of drug-likeness (QED) is 0.128.